The molecular weight excluding hydrogens is 488 g/mol. The zero-order valence-corrected chi connectivity index (χ0v) is 22.9. The quantitative estimate of drug-likeness (QED) is 0.223. The monoisotopic (exact) mass is 524 g/mol. The second-order valence-corrected chi connectivity index (χ2v) is 12.2. The Hall–Kier alpha value is -2.93. The van der Waals surface area contributed by atoms with E-state index < -0.39 is 0 Å². The molecule has 6 heteroatoms. The van der Waals surface area contributed by atoms with E-state index in [0.717, 1.165) is 57.2 Å². The highest BCUT2D eigenvalue weighted by Gasteiger charge is 2.56. The van der Waals surface area contributed by atoms with Crippen LogP contribution in [-0.4, -0.2) is 52.6 Å². The Balaban J connectivity index is 1.05. The minimum absolute atomic E-state index is 0.230. The van der Waals surface area contributed by atoms with Crippen molar-refractivity contribution < 1.29 is 4.52 Å². The lowest BCUT2D eigenvalue weighted by atomic mass is 9.92. The molecule has 2 aliphatic rings. The van der Waals surface area contributed by atoms with Crippen LogP contribution in [0.25, 0.3) is 0 Å². The Labute approximate surface area is 230 Å². The Morgan fingerprint density at radius 1 is 0.921 bits per heavy atom. The van der Waals surface area contributed by atoms with E-state index in [1.165, 1.54) is 22.4 Å². The predicted octanol–water partition coefficient (Wildman–Crippen LogP) is 6.44. The molecule has 4 aromatic rings. The molecule has 1 saturated carbocycles. The molecule has 196 valence electrons. The summed E-state index contributed by atoms with van der Waals surface area (Å²) in [7, 11) is 2.24. The average molecular weight is 525 g/mol. The summed E-state index contributed by atoms with van der Waals surface area (Å²) < 4.78 is 8.13. The van der Waals surface area contributed by atoms with Crippen LogP contribution in [0.15, 0.2) is 100 Å². The molecule has 0 bridgehead atoms. The number of likely N-dealkylation sites (tertiary alicyclic amines) is 1. The molecule has 1 aliphatic heterocycles. The second-order valence-electron chi connectivity index (χ2n) is 10.9. The maximum absolute atomic E-state index is 5.70. The molecule has 2 heterocycles. The molecule has 0 amide bonds. The van der Waals surface area contributed by atoms with Gasteiger partial charge in [-0.25, -0.2) is 4.31 Å². The lowest BCUT2D eigenvalue weighted by Gasteiger charge is -2.32. The van der Waals surface area contributed by atoms with Gasteiger partial charge in [0.15, 0.2) is 5.82 Å². The van der Waals surface area contributed by atoms with Gasteiger partial charge in [-0.3, -0.25) is 0 Å². The average Bonchev–Trinajstić information content (AvgIpc) is 3.42. The van der Waals surface area contributed by atoms with Gasteiger partial charge in [-0.2, -0.15) is 4.98 Å². The number of rotatable bonds is 10. The zero-order chi connectivity index (χ0) is 25.8. The van der Waals surface area contributed by atoms with Crippen LogP contribution in [0.1, 0.15) is 48.0 Å². The van der Waals surface area contributed by atoms with Crippen LogP contribution in [0, 0.1) is 5.92 Å². The summed E-state index contributed by atoms with van der Waals surface area (Å²) in [6.45, 7) is 4.41. The van der Waals surface area contributed by atoms with Crippen molar-refractivity contribution in [2.45, 2.75) is 41.9 Å². The molecular formula is C32H36N4OS. The number of benzene rings is 3. The summed E-state index contributed by atoms with van der Waals surface area (Å²) in [4.78, 5) is 8.71. The topological polar surface area (TPSA) is 45.4 Å². The number of likely N-dealkylation sites (N-methyl/N-ethyl adjacent to an activating group) is 1. The van der Waals surface area contributed by atoms with Gasteiger partial charge in [-0.1, -0.05) is 84.0 Å². The number of nitrogens with zero attached hydrogens (tertiary/aromatic N) is 4. The molecule has 1 saturated heterocycles. The molecule has 0 spiro atoms. The standard InChI is InChI=1S/C32H36N4OS/c1-35(38-29-15-9-4-10-16-29)24-32(27-13-7-3-8-14-27)22-28(32)23-36-19-17-26(18-20-36)31-33-30(34-37-31)21-25-11-5-2-6-12-25/h2-16,26,28H,17-24H2,1H3. The number of aromatic nitrogens is 2. The smallest absolute Gasteiger partial charge is 0.229 e. The first kappa shape index (κ1) is 25.4. The van der Waals surface area contributed by atoms with E-state index in [9.17, 15) is 0 Å². The fraction of sp³-hybridized carbons (Fsp3) is 0.375. The van der Waals surface area contributed by atoms with Gasteiger partial charge in [-0.15, -0.1) is 0 Å². The van der Waals surface area contributed by atoms with Crippen molar-refractivity contribution in [2.75, 3.05) is 33.2 Å². The molecule has 38 heavy (non-hydrogen) atoms. The predicted molar refractivity (Wildman–Crippen MR) is 153 cm³/mol. The Morgan fingerprint density at radius 3 is 2.29 bits per heavy atom. The van der Waals surface area contributed by atoms with E-state index >= 15 is 0 Å². The van der Waals surface area contributed by atoms with E-state index in [1.807, 2.05) is 18.0 Å². The molecule has 6 rings (SSSR count). The first-order chi connectivity index (χ1) is 18.7. The van der Waals surface area contributed by atoms with Gasteiger partial charge in [-0.05, 0) is 80.5 Å². The zero-order valence-electron chi connectivity index (χ0n) is 22.1. The van der Waals surface area contributed by atoms with Gasteiger partial charge in [0.05, 0.1) is 0 Å². The highest BCUT2D eigenvalue weighted by molar-refractivity contribution is 7.97. The van der Waals surface area contributed by atoms with Crippen LogP contribution in [-0.2, 0) is 11.8 Å². The van der Waals surface area contributed by atoms with Crippen molar-refractivity contribution >= 4 is 11.9 Å². The Morgan fingerprint density at radius 2 is 1.58 bits per heavy atom. The van der Waals surface area contributed by atoms with Crippen LogP contribution in [0.5, 0.6) is 0 Å². The molecule has 1 aliphatic carbocycles. The van der Waals surface area contributed by atoms with Crippen molar-refractivity contribution in [1.29, 1.82) is 0 Å². The molecule has 0 N–H and O–H groups in total. The van der Waals surface area contributed by atoms with Crippen molar-refractivity contribution in [3.8, 4) is 0 Å². The first-order valence-electron chi connectivity index (χ1n) is 13.8. The fourth-order valence-corrected chi connectivity index (χ4v) is 7.01. The molecule has 0 radical (unpaired) electrons. The van der Waals surface area contributed by atoms with Gasteiger partial charge < -0.3 is 9.42 Å². The maximum atomic E-state index is 5.70. The highest BCUT2D eigenvalue weighted by atomic mass is 32.2. The number of hydrogen-bond acceptors (Lipinski definition) is 6. The third kappa shape index (κ3) is 5.88. The van der Waals surface area contributed by atoms with Gasteiger partial charge in [0.1, 0.15) is 0 Å². The van der Waals surface area contributed by atoms with Crippen molar-refractivity contribution in [3.63, 3.8) is 0 Å². The normalized spacial score (nSPS) is 22.1. The molecule has 5 nitrogen and oxygen atoms in total. The molecule has 2 unspecified atom stereocenters. The minimum Gasteiger partial charge on any atom is -0.339 e. The van der Waals surface area contributed by atoms with Gasteiger partial charge >= 0.3 is 0 Å². The second kappa shape index (κ2) is 11.4. The van der Waals surface area contributed by atoms with Gasteiger partial charge in [0.25, 0.3) is 0 Å². The summed E-state index contributed by atoms with van der Waals surface area (Å²) in [5, 5.41) is 4.27. The van der Waals surface area contributed by atoms with Crippen molar-refractivity contribution in [3.05, 3.63) is 114 Å². The van der Waals surface area contributed by atoms with Crippen molar-refractivity contribution in [2.24, 2.45) is 5.92 Å². The Bertz CT molecular complexity index is 1290. The Kier molecular flexibility index (Phi) is 7.63. The van der Waals surface area contributed by atoms with Gasteiger partial charge in [0, 0.05) is 35.7 Å². The van der Waals surface area contributed by atoms with E-state index in [-0.39, 0.29) is 5.41 Å². The van der Waals surface area contributed by atoms with E-state index in [1.54, 1.807) is 0 Å². The maximum Gasteiger partial charge on any atom is 0.229 e. The lowest BCUT2D eigenvalue weighted by Crippen LogP contribution is -2.37. The van der Waals surface area contributed by atoms with E-state index in [2.05, 4.69) is 106 Å². The third-order valence-electron chi connectivity index (χ3n) is 8.19. The summed E-state index contributed by atoms with van der Waals surface area (Å²) >= 11 is 1.85. The van der Waals surface area contributed by atoms with E-state index in [0.29, 0.717) is 11.8 Å². The van der Waals surface area contributed by atoms with Crippen LogP contribution >= 0.6 is 11.9 Å². The molecule has 3 aromatic carbocycles. The molecule has 1 aromatic heterocycles. The minimum atomic E-state index is 0.230. The third-order valence-corrected chi connectivity index (χ3v) is 9.12. The number of piperidine rings is 1. The summed E-state index contributed by atoms with van der Waals surface area (Å²) in [5.41, 5.74) is 2.93. The largest absolute Gasteiger partial charge is 0.339 e. The highest BCUT2D eigenvalue weighted by Crippen LogP contribution is 2.56. The van der Waals surface area contributed by atoms with Crippen LogP contribution < -0.4 is 0 Å². The summed E-state index contributed by atoms with van der Waals surface area (Å²) in [5.74, 6) is 2.66. The lowest BCUT2D eigenvalue weighted by molar-refractivity contribution is 0.183. The van der Waals surface area contributed by atoms with Gasteiger partial charge in [0.2, 0.25) is 5.89 Å². The molecule has 2 atom stereocenters. The SMILES string of the molecule is CN(CC1(c2ccccc2)CC1CN1CCC(c2nc(Cc3ccccc3)no2)CC1)Sc1ccccc1. The van der Waals surface area contributed by atoms with E-state index in [4.69, 9.17) is 9.51 Å². The molecule has 2 fully saturated rings. The van der Waals surface area contributed by atoms with Crippen molar-refractivity contribution in [1.82, 2.24) is 19.3 Å². The van der Waals surface area contributed by atoms with Crippen LogP contribution in [0.2, 0.25) is 0 Å². The van der Waals surface area contributed by atoms with Crippen LogP contribution in [0.3, 0.4) is 0 Å². The summed E-state index contributed by atoms with van der Waals surface area (Å²) in [6, 6.07) is 32.2. The summed E-state index contributed by atoms with van der Waals surface area (Å²) in [6.07, 6.45) is 4.15. The fourth-order valence-electron chi connectivity index (χ4n) is 6.08. The van der Waals surface area contributed by atoms with Crippen LogP contribution in [0.4, 0.5) is 0 Å². The number of hydrogen-bond donors (Lipinski definition) is 0. The first-order valence-corrected chi connectivity index (χ1v) is 14.5.